The van der Waals surface area contributed by atoms with Gasteiger partial charge in [0, 0.05) is 19.1 Å². The lowest BCUT2D eigenvalue weighted by atomic mass is 10.1. The van der Waals surface area contributed by atoms with Crippen LogP contribution < -0.4 is 5.73 Å². The highest BCUT2D eigenvalue weighted by atomic mass is 32.2. The Morgan fingerprint density at radius 1 is 1.50 bits per heavy atom. The lowest BCUT2D eigenvalue weighted by molar-refractivity contribution is 0.259. The van der Waals surface area contributed by atoms with Crippen LogP contribution in [-0.4, -0.2) is 38.1 Å². The van der Waals surface area contributed by atoms with E-state index in [1.807, 2.05) is 0 Å². The first-order chi connectivity index (χ1) is 5.55. The second-order valence-electron chi connectivity index (χ2n) is 3.26. The maximum Gasteiger partial charge on any atom is 0.211 e. The highest BCUT2D eigenvalue weighted by Gasteiger charge is 2.27. The maximum atomic E-state index is 11.2. The van der Waals surface area contributed by atoms with E-state index in [4.69, 9.17) is 5.73 Å². The van der Waals surface area contributed by atoms with Gasteiger partial charge in [-0.15, -0.1) is 0 Å². The molecular weight excluding hydrogens is 176 g/mol. The molecule has 2 N–H and O–H groups in total. The lowest BCUT2D eigenvalue weighted by Gasteiger charge is -2.32. The van der Waals surface area contributed by atoms with Crippen LogP contribution in [0.4, 0.5) is 0 Å². The molecule has 0 saturated carbocycles. The minimum absolute atomic E-state index is 0.0359. The molecule has 1 heterocycles. The van der Waals surface area contributed by atoms with Crippen LogP contribution in [0.1, 0.15) is 19.3 Å². The van der Waals surface area contributed by atoms with Crippen molar-refractivity contribution in [2.24, 2.45) is 5.73 Å². The van der Waals surface area contributed by atoms with Gasteiger partial charge in [0.15, 0.2) is 0 Å². The Balaban J connectivity index is 2.72. The van der Waals surface area contributed by atoms with E-state index in [1.165, 1.54) is 10.6 Å². The molecule has 1 saturated heterocycles. The fourth-order valence-electron chi connectivity index (χ4n) is 1.65. The van der Waals surface area contributed by atoms with Gasteiger partial charge in [0.2, 0.25) is 10.0 Å². The van der Waals surface area contributed by atoms with Crippen LogP contribution in [0.25, 0.3) is 0 Å². The lowest BCUT2D eigenvalue weighted by Crippen LogP contribution is -2.46. The van der Waals surface area contributed by atoms with E-state index < -0.39 is 10.0 Å². The van der Waals surface area contributed by atoms with Crippen molar-refractivity contribution in [1.82, 2.24) is 4.31 Å². The van der Waals surface area contributed by atoms with Crippen molar-refractivity contribution < 1.29 is 8.42 Å². The molecule has 0 bridgehead atoms. The van der Waals surface area contributed by atoms with Crippen LogP contribution >= 0.6 is 0 Å². The standard InChI is InChI=1S/C7H16N2O2S/c1-12(10,11)9-5-3-2-4-7(9)6-8/h7H,2-6,8H2,1H3/t7-/m1/s1. The quantitative estimate of drug-likeness (QED) is 0.656. The highest BCUT2D eigenvalue weighted by molar-refractivity contribution is 7.88. The van der Waals surface area contributed by atoms with Crippen LogP contribution in [0, 0.1) is 0 Å². The SMILES string of the molecule is CS(=O)(=O)N1CCCC[C@@H]1CN. The Labute approximate surface area is 73.8 Å². The third-order valence-electron chi connectivity index (χ3n) is 2.27. The van der Waals surface area contributed by atoms with Gasteiger partial charge in [-0.2, -0.15) is 4.31 Å². The van der Waals surface area contributed by atoms with Crippen molar-refractivity contribution in [3.63, 3.8) is 0 Å². The summed E-state index contributed by atoms with van der Waals surface area (Å²) in [5, 5.41) is 0. The Morgan fingerprint density at radius 2 is 2.17 bits per heavy atom. The van der Waals surface area contributed by atoms with E-state index >= 15 is 0 Å². The van der Waals surface area contributed by atoms with E-state index in [9.17, 15) is 8.42 Å². The predicted octanol–water partition coefficient (Wildman–Crippen LogP) is -0.241. The van der Waals surface area contributed by atoms with Crippen LogP contribution in [-0.2, 0) is 10.0 Å². The van der Waals surface area contributed by atoms with E-state index in [0.717, 1.165) is 19.3 Å². The number of nitrogens with two attached hydrogens (primary N) is 1. The molecule has 0 aromatic rings. The van der Waals surface area contributed by atoms with Gasteiger partial charge in [-0.1, -0.05) is 6.42 Å². The van der Waals surface area contributed by atoms with Crippen molar-refractivity contribution >= 4 is 10.0 Å². The van der Waals surface area contributed by atoms with E-state index in [1.54, 1.807) is 0 Å². The molecule has 0 unspecified atom stereocenters. The summed E-state index contributed by atoms with van der Waals surface area (Å²) in [5.41, 5.74) is 5.48. The molecule has 0 radical (unpaired) electrons. The molecule has 0 aromatic heterocycles. The minimum atomic E-state index is -3.03. The van der Waals surface area contributed by atoms with Crippen molar-refractivity contribution in [3.05, 3.63) is 0 Å². The second kappa shape index (κ2) is 3.72. The molecule has 4 nitrogen and oxygen atoms in total. The maximum absolute atomic E-state index is 11.2. The Morgan fingerprint density at radius 3 is 2.58 bits per heavy atom. The summed E-state index contributed by atoms with van der Waals surface area (Å²) >= 11 is 0. The summed E-state index contributed by atoms with van der Waals surface area (Å²) in [4.78, 5) is 0. The van der Waals surface area contributed by atoms with E-state index in [0.29, 0.717) is 13.1 Å². The smallest absolute Gasteiger partial charge is 0.211 e. The van der Waals surface area contributed by atoms with Crippen molar-refractivity contribution in [1.29, 1.82) is 0 Å². The number of sulfonamides is 1. The average molecular weight is 192 g/mol. The average Bonchev–Trinajstić information content (AvgIpc) is 2.03. The molecule has 12 heavy (non-hydrogen) atoms. The summed E-state index contributed by atoms with van der Waals surface area (Å²) in [6.45, 7) is 1.08. The second-order valence-corrected chi connectivity index (χ2v) is 5.19. The molecule has 1 rings (SSSR count). The molecule has 5 heteroatoms. The topological polar surface area (TPSA) is 63.4 Å². The van der Waals surface area contributed by atoms with Gasteiger partial charge in [0.25, 0.3) is 0 Å². The summed E-state index contributed by atoms with van der Waals surface area (Å²) in [6, 6.07) is 0.0359. The molecule has 1 atom stereocenters. The van der Waals surface area contributed by atoms with Gasteiger partial charge in [-0.3, -0.25) is 0 Å². The normalized spacial score (nSPS) is 27.3. The summed E-state index contributed by atoms with van der Waals surface area (Å²) in [6.07, 6.45) is 4.21. The number of hydrogen-bond acceptors (Lipinski definition) is 3. The zero-order valence-electron chi connectivity index (χ0n) is 7.36. The van der Waals surface area contributed by atoms with Gasteiger partial charge in [0.1, 0.15) is 0 Å². The fraction of sp³-hybridized carbons (Fsp3) is 1.00. The summed E-state index contributed by atoms with van der Waals surface area (Å²) in [7, 11) is -3.03. The van der Waals surface area contributed by atoms with Gasteiger partial charge in [-0.05, 0) is 12.8 Å². The molecular formula is C7H16N2O2S. The first-order valence-corrected chi connectivity index (χ1v) is 6.07. The van der Waals surface area contributed by atoms with Crippen LogP contribution in [0.5, 0.6) is 0 Å². The Hall–Kier alpha value is -0.130. The third-order valence-corrected chi connectivity index (χ3v) is 3.60. The first kappa shape index (κ1) is 9.95. The predicted molar refractivity (Wildman–Crippen MR) is 48.2 cm³/mol. The van der Waals surface area contributed by atoms with Crippen LogP contribution in [0.2, 0.25) is 0 Å². The summed E-state index contributed by atoms with van der Waals surface area (Å²) < 4.78 is 24.0. The number of piperidine rings is 1. The summed E-state index contributed by atoms with van der Waals surface area (Å²) in [5.74, 6) is 0. The number of hydrogen-bond donors (Lipinski definition) is 1. The third kappa shape index (κ3) is 2.18. The molecule has 0 aliphatic carbocycles. The van der Waals surface area contributed by atoms with E-state index in [2.05, 4.69) is 0 Å². The van der Waals surface area contributed by atoms with Crippen molar-refractivity contribution in [2.75, 3.05) is 19.3 Å². The highest BCUT2D eigenvalue weighted by Crippen LogP contribution is 2.18. The molecule has 1 aliphatic rings. The van der Waals surface area contributed by atoms with Gasteiger partial charge >= 0.3 is 0 Å². The Kier molecular flexibility index (Phi) is 3.09. The molecule has 1 fully saturated rings. The van der Waals surface area contributed by atoms with Crippen LogP contribution in [0.15, 0.2) is 0 Å². The Bertz CT molecular complexity index is 238. The molecule has 0 spiro atoms. The molecule has 1 aliphatic heterocycles. The fourth-order valence-corrected chi connectivity index (χ4v) is 2.84. The zero-order chi connectivity index (χ0) is 9.19. The number of rotatable bonds is 2. The largest absolute Gasteiger partial charge is 0.329 e. The van der Waals surface area contributed by atoms with Crippen LogP contribution in [0.3, 0.4) is 0 Å². The van der Waals surface area contributed by atoms with Crippen molar-refractivity contribution in [3.8, 4) is 0 Å². The zero-order valence-corrected chi connectivity index (χ0v) is 8.18. The monoisotopic (exact) mass is 192 g/mol. The van der Waals surface area contributed by atoms with Gasteiger partial charge in [-0.25, -0.2) is 8.42 Å². The number of nitrogens with zero attached hydrogens (tertiary/aromatic N) is 1. The molecule has 0 amide bonds. The van der Waals surface area contributed by atoms with Gasteiger partial charge < -0.3 is 5.73 Å². The minimum Gasteiger partial charge on any atom is -0.329 e. The first-order valence-electron chi connectivity index (χ1n) is 4.22. The van der Waals surface area contributed by atoms with Crippen molar-refractivity contribution in [2.45, 2.75) is 25.3 Å². The molecule has 72 valence electrons. The van der Waals surface area contributed by atoms with Gasteiger partial charge in [0.05, 0.1) is 6.26 Å². The van der Waals surface area contributed by atoms with E-state index in [-0.39, 0.29) is 6.04 Å². The molecule has 0 aromatic carbocycles.